The number of nitrogens with one attached hydrogen (secondary N) is 1. The minimum atomic E-state index is -0.146. The highest BCUT2D eigenvalue weighted by Crippen LogP contribution is 2.27. The molecular weight excluding hydrogens is 266 g/mol. The van der Waals surface area contributed by atoms with Gasteiger partial charge in [-0.2, -0.15) is 0 Å². The van der Waals surface area contributed by atoms with Gasteiger partial charge in [-0.15, -0.1) is 0 Å². The summed E-state index contributed by atoms with van der Waals surface area (Å²) in [6.07, 6.45) is 3.28. The predicted octanol–water partition coefficient (Wildman–Crippen LogP) is 1.97. The summed E-state index contributed by atoms with van der Waals surface area (Å²) in [6, 6.07) is 8.43. The van der Waals surface area contributed by atoms with Crippen molar-refractivity contribution in [2.75, 3.05) is 32.1 Å². The lowest BCUT2D eigenvalue weighted by Crippen LogP contribution is -2.40. The van der Waals surface area contributed by atoms with E-state index in [1.807, 2.05) is 0 Å². The number of nitrogens with zero attached hydrogens (tertiary/aromatic N) is 2. The zero-order valence-corrected chi connectivity index (χ0v) is 12.8. The van der Waals surface area contributed by atoms with Crippen molar-refractivity contribution in [2.24, 2.45) is 4.99 Å². The normalized spacial score (nSPS) is 14.0. The van der Waals surface area contributed by atoms with Crippen LogP contribution in [0.4, 0.5) is 5.69 Å². The Labute approximate surface area is 126 Å². The molecule has 0 unspecified atom stereocenters. The van der Waals surface area contributed by atoms with Gasteiger partial charge in [0.2, 0.25) is 0 Å². The molecule has 0 aromatic heterocycles. The Morgan fingerprint density at radius 3 is 2.95 bits per heavy atom. The van der Waals surface area contributed by atoms with Crippen molar-refractivity contribution < 1.29 is 9.53 Å². The second-order valence-corrected chi connectivity index (χ2v) is 5.04. The maximum Gasteiger partial charge on any atom is 0.305 e. The summed E-state index contributed by atoms with van der Waals surface area (Å²) in [5.74, 6) is 0.755. The molecule has 1 N–H and O–H groups in total. The van der Waals surface area contributed by atoms with E-state index in [9.17, 15) is 4.79 Å². The van der Waals surface area contributed by atoms with Gasteiger partial charge < -0.3 is 15.0 Å². The van der Waals surface area contributed by atoms with Crippen LogP contribution in [0, 0.1) is 0 Å². The molecule has 5 nitrogen and oxygen atoms in total. The zero-order chi connectivity index (χ0) is 15.1. The van der Waals surface area contributed by atoms with E-state index in [0.29, 0.717) is 6.42 Å². The number of hydrogen-bond donors (Lipinski definition) is 1. The zero-order valence-electron chi connectivity index (χ0n) is 12.8. The lowest BCUT2D eigenvalue weighted by atomic mass is 10.2. The molecule has 1 aromatic carbocycles. The molecule has 21 heavy (non-hydrogen) atoms. The first-order valence-corrected chi connectivity index (χ1v) is 7.39. The summed E-state index contributed by atoms with van der Waals surface area (Å²) in [7, 11) is 3.23. The van der Waals surface area contributed by atoms with E-state index in [2.05, 4.69) is 44.2 Å². The summed E-state index contributed by atoms with van der Waals surface area (Å²) in [5.41, 5.74) is 2.60. The Hall–Kier alpha value is -2.04. The van der Waals surface area contributed by atoms with Crippen LogP contribution in [-0.4, -0.2) is 39.2 Å². The predicted molar refractivity (Wildman–Crippen MR) is 84.7 cm³/mol. The van der Waals surface area contributed by atoms with Gasteiger partial charge in [0.05, 0.1) is 7.11 Å². The fourth-order valence-electron chi connectivity index (χ4n) is 2.55. The highest BCUT2D eigenvalue weighted by atomic mass is 16.5. The lowest BCUT2D eigenvalue weighted by molar-refractivity contribution is -0.140. The maximum atomic E-state index is 11.0. The van der Waals surface area contributed by atoms with Crippen molar-refractivity contribution in [1.29, 1.82) is 0 Å². The molecule has 0 spiro atoms. The van der Waals surface area contributed by atoms with E-state index in [0.717, 1.165) is 38.3 Å². The third-order valence-corrected chi connectivity index (χ3v) is 3.67. The van der Waals surface area contributed by atoms with Gasteiger partial charge in [0.25, 0.3) is 0 Å². The number of methoxy groups -OCH3 is 1. The van der Waals surface area contributed by atoms with Crippen molar-refractivity contribution in [3.63, 3.8) is 0 Å². The monoisotopic (exact) mass is 289 g/mol. The van der Waals surface area contributed by atoms with Crippen LogP contribution in [0.15, 0.2) is 29.3 Å². The fraction of sp³-hybridized carbons (Fsp3) is 0.500. The van der Waals surface area contributed by atoms with Crippen LogP contribution in [0.25, 0.3) is 0 Å². The highest BCUT2D eigenvalue weighted by Gasteiger charge is 2.21. The number of ether oxygens (including phenoxy) is 1. The molecule has 0 amide bonds. The first-order valence-electron chi connectivity index (χ1n) is 7.39. The Kier molecular flexibility index (Phi) is 5.60. The van der Waals surface area contributed by atoms with E-state index in [-0.39, 0.29) is 5.97 Å². The molecule has 1 aliphatic heterocycles. The number of anilines is 1. The molecule has 1 aliphatic rings. The third-order valence-electron chi connectivity index (χ3n) is 3.67. The van der Waals surface area contributed by atoms with Crippen molar-refractivity contribution in [2.45, 2.75) is 25.7 Å². The number of unbranched alkanes of at least 4 members (excludes halogenated alkanes) is 1. The summed E-state index contributed by atoms with van der Waals surface area (Å²) in [5, 5.41) is 3.37. The standard InChI is InChI=1S/C16H23N3O2/c1-17-16(18-11-6-5-9-15(20)21-2)19-12-10-13-7-3-4-8-14(13)19/h3-4,7-8H,5-6,9-12H2,1-2H3,(H,17,18). The average molecular weight is 289 g/mol. The van der Waals surface area contributed by atoms with Gasteiger partial charge in [-0.1, -0.05) is 18.2 Å². The van der Waals surface area contributed by atoms with Crippen molar-refractivity contribution >= 4 is 17.6 Å². The maximum absolute atomic E-state index is 11.0. The fourth-order valence-corrected chi connectivity index (χ4v) is 2.55. The Morgan fingerprint density at radius 2 is 2.19 bits per heavy atom. The van der Waals surface area contributed by atoms with E-state index in [1.165, 1.54) is 18.4 Å². The first kappa shape index (κ1) is 15.4. The molecule has 5 heteroatoms. The molecule has 1 aromatic rings. The molecule has 0 saturated carbocycles. The van der Waals surface area contributed by atoms with E-state index in [4.69, 9.17) is 0 Å². The lowest BCUT2D eigenvalue weighted by Gasteiger charge is -2.22. The summed E-state index contributed by atoms with van der Waals surface area (Å²) in [6.45, 7) is 1.77. The molecule has 0 fully saturated rings. The molecule has 0 atom stereocenters. The number of para-hydroxylation sites is 1. The number of carbonyl (C=O) groups is 1. The van der Waals surface area contributed by atoms with E-state index >= 15 is 0 Å². The number of fused-ring (bicyclic) bond motifs is 1. The van der Waals surface area contributed by atoms with Gasteiger partial charge in [-0.05, 0) is 30.9 Å². The van der Waals surface area contributed by atoms with Crippen LogP contribution in [0.5, 0.6) is 0 Å². The van der Waals surface area contributed by atoms with Crippen LogP contribution < -0.4 is 10.2 Å². The number of benzene rings is 1. The number of rotatable bonds is 5. The van der Waals surface area contributed by atoms with Crippen LogP contribution in [0.2, 0.25) is 0 Å². The third kappa shape index (κ3) is 3.97. The number of guanidine groups is 1. The number of esters is 1. The quantitative estimate of drug-likeness (QED) is 0.390. The van der Waals surface area contributed by atoms with Crippen molar-refractivity contribution in [1.82, 2.24) is 5.32 Å². The largest absolute Gasteiger partial charge is 0.469 e. The Bertz CT molecular complexity index is 514. The summed E-state index contributed by atoms with van der Waals surface area (Å²) < 4.78 is 4.63. The molecule has 0 aliphatic carbocycles. The van der Waals surface area contributed by atoms with Crippen molar-refractivity contribution in [3.8, 4) is 0 Å². The molecule has 1 heterocycles. The van der Waals surface area contributed by atoms with E-state index in [1.54, 1.807) is 7.05 Å². The van der Waals surface area contributed by atoms with Crippen LogP contribution >= 0.6 is 0 Å². The van der Waals surface area contributed by atoms with Gasteiger partial charge in [-0.25, -0.2) is 0 Å². The molecule has 0 bridgehead atoms. The Morgan fingerprint density at radius 1 is 1.38 bits per heavy atom. The summed E-state index contributed by atoms with van der Waals surface area (Å²) in [4.78, 5) is 17.6. The first-order chi connectivity index (χ1) is 10.3. The molecule has 2 rings (SSSR count). The molecule has 0 saturated heterocycles. The molecule has 114 valence electrons. The number of carbonyl (C=O) groups excluding carboxylic acids is 1. The van der Waals surface area contributed by atoms with Gasteiger partial charge in [0.1, 0.15) is 0 Å². The van der Waals surface area contributed by atoms with Crippen molar-refractivity contribution in [3.05, 3.63) is 29.8 Å². The topological polar surface area (TPSA) is 53.9 Å². The SMILES string of the molecule is CN=C(NCCCCC(=O)OC)N1CCc2ccccc21. The highest BCUT2D eigenvalue weighted by molar-refractivity contribution is 5.97. The van der Waals surface area contributed by atoms with Gasteiger partial charge in [0, 0.05) is 32.2 Å². The molecule has 0 radical (unpaired) electrons. The smallest absolute Gasteiger partial charge is 0.305 e. The number of aliphatic imine (C=N–C) groups is 1. The number of hydrogen-bond acceptors (Lipinski definition) is 3. The van der Waals surface area contributed by atoms with Gasteiger partial charge in [0.15, 0.2) is 5.96 Å². The van der Waals surface area contributed by atoms with Crippen LogP contribution in [-0.2, 0) is 16.0 Å². The summed E-state index contributed by atoms with van der Waals surface area (Å²) >= 11 is 0. The van der Waals surface area contributed by atoms with E-state index < -0.39 is 0 Å². The van der Waals surface area contributed by atoms with Gasteiger partial charge >= 0.3 is 5.97 Å². The minimum absolute atomic E-state index is 0.146. The minimum Gasteiger partial charge on any atom is -0.469 e. The second kappa shape index (κ2) is 7.67. The Balaban J connectivity index is 1.81. The van der Waals surface area contributed by atoms with Gasteiger partial charge in [-0.3, -0.25) is 9.79 Å². The van der Waals surface area contributed by atoms with Crippen LogP contribution in [0.1, 0.15) is 24.8 Å². The van der Waals surface area contributed by atoms with Crippen LogP contribution in [0.3, 0.4) is 0 Å². The average Bonchev–Trinajstić information content (AvgIpc) is 2.94. The molecular formula is C16H23N3O2. The second-order valence-electron chi connectivity index (χ2n) is 5.04.